The standard InChI is InChI=1S/C25H27ClFN3O3/c1-2-33-25(32)18-6-5-13-29(15-18)16-24(31)30-23(20-7-3-4-8-21(20)26)14-22(28-30)17-9-11-19(27)12-10-17/h3-4,7-12,18,23H,2,5-6,13-16H2,1H3. The number of nitrogens with zero attached hydrogens (tertiary/aromatic N) is 3. The molecular weight excluding hydrogens is 445 g/mol. The molecule has 174 valence electrons. The van der Waals surface area contributed by atoms with Gasteiger partial charge in [-0.3, -0.25) is 14.5 Å². The van der Waals surface area contributed by atoms with Crippen LogP contribution in [0.4, 0.5) is 4.39 Å². The van der Waals surface area contributed by atoms with Crippen LogP contribution < -0.4 is 0 Å². The van der Waals surface area contributed by atoms with Gasteiger partial charge in [-0.25, -0.2) is 9.40 Å². The minimum absolute atomic E-state index is 0.150. The van der Waals surface area contributed by atoms with Crippen molar-refractivity contribution in [2.45, 2.75) is 32.2 Å². The smallest absolute Gasteiger partial charge is 0.310 e. The van der Waals surface area contributed by atoms with E-state index in [1.165, 1.54) is 17.1 Å². The van der Waals surface area contributed by atoms with E-state index < -0.39 is 0 Å². The second-order valence-corrected chi connectivity index (χ2v) is 8.77. The molecule has 0 N–H and O–H groups in total. The highest BCUT2D eigenvalue weighted by atomic mass is 35.5. The Balaban J connectivity index is 1.55. The molecule has 2 heterocycles. The molecule has 0 aromatic heterocycles. The van der Waals surface area contributed by atoms with Gasteiger partial charge in [0.2, 0.25) is 0 Å². The van der Waals surface area contributed by atoms with Crippen molar-refractivity contribution < 1.29 is 18.7 Å². The van der Waals surface area contributed by atoms with Crippen LogP contribution in [-0.2, 0) is 14.3 Å². The van der Waals surface area contributed by atoms with Gasteiger partial charge in [-0.2, -0.15) is 5.10 Å². The molecule has 4 rings (SSSR count). The third-order valence-electron chi connectivity index (χ3n) is 6.09. The molecule has 2 aliphatic rings. The number of benzene rings is 2. The molecule has 0 radical (unpaired) electrons. The zero-order chi connectivity index (χ0) is 23.4. The van der Waals surface area contributed by atoms with Crippen molar-refractivity contribution in [3.63, 3.8) is 0 Å². The SMILES string of the molecule is CCOC(=O)C1CCCN(CC(=O)N2N=C(c3ccc(F)cc3)CC2c2ccccc2Cl)C1. The summed E-state index contributed by atoms with van der Waals surface area (Å²) in [6.45, 7) is 3.52. The molecule has 0 saturated carbocycles. The van der Waals surface area contributed by atoms with E-state index in [4.69, 9.17) is 16.3 Å². The summed E-state index contributed by atoms with van der Waals surface area (Å²) in [6, 6.07) is 13.2. The van der Waals surface area contributed by atoms with Crippen molar-refractivity contribution in [2.75, 3.05) is 26.2 Å². The van der Waals surface area contributed by atoms with Crippen molar-refractivity contribution in [1.29, 1.82) is 0 Å². The maximum Gasteiger partial charge on any atom is 0.310 e. The van der Waals surface area contributed by atoms with Crippen molar-refractivity contribution in [3.8, 4) is 0 Å². The van der Waals surface area contributed by atoms with Crippen LogP contribution in [0.3, 0.4) is 0 Å². The zero-order valence-electron chi connectivity index (χ0n) is 18.5. The van der Waals surface area contributed by atoms with Crippen molar-refractivity contribution in [2.24, 2.45) is 11.0 Å². The highest BCUT2D eigenvalue weighted by Crippen LogP contribution is 2.36. The van der Waals surface area contributed by atoms with Crippen molar-refractivity contribution >= 4 is 29.2 Å². The topological polar surface area (TPSA) is 62.2 Å². The van der Waals surface area contributed by atoms with Crippen LogP contribution in [0.5, 0.6) is 0 Å². The van der Waals surface area contributed by atoms with E-state index in [-0.39, 0.29) is 36.2 Å². The first-order valence-corrected chi connectivity index (χ1v) is 11.6. The summed E-state index contributed by atoms with van der Waals surface area (Å²) >= 11 is 6.46. The largest absolute Gasteiger partial charge is 0.466 e. The first kappa shape index (κ1) is 23.4. The van der Waals surface area contributed by atoms with Crippen LogP contribution in [0, 0.1) is 11.7 Å². The van der Waals surface area contributed by atoms with Gasteiger partial charge in [-0.15, -0.1) is 0 Å². The predicted octanol–water partition coefficient (Wildman–Crippen LogP) is 4.43. The molecule has 0 aliphatic carbocycles. The van der Waals surface area contributed by atoms with Crippen LogP contribution in [-0.4, -0.2) is 53.7 Å². The molecule has 2 aromatic carbocycles. The fraction of sp³-hybridized carbons (Fsp3) is 0.400. The van der Waals surface area contributed by atoms with E-state index in [0.29, 0.717) is 30.3 Å². The number of esters is 1. The van der Waals surface area contributed by atoms with Crippen LogP contribution in [0.25, 0.3) is 0 Å². The van der Waals surface area contributed by atoms with Crippen molar-refractivity contribution in [3.05, 3.63) is 70.5 Å². The summed E-state index contributed by atoms with van der Waals surface area (Å²) in [5.74, 6) is -0.917. The lowest BCUT2D eigenvalue weighted by atomic mass is 9.97. The normalized spacial score (nSPS) is 21.1. The van der Waals surface area contributed by atoms with E-state index >= 15 is 0 Å². The number of halogens is 2. The molecule has 1 saturated heterocycles. The van der Waals surface area contributed by atoms with Crippen LogP contribution in [0.15, 0.2) is 53.6 Å². The van der Waals surface area contributed by atoms with Gasteiger partial charge in [0.25, 0.3) is 5.91 Å². The van der Waals surface area contributed by atoms with Gasteiger partial charge in [-0.05, 0) is 55.6 Å². The Kier molecular flexibility index (Phi) is 7.40. The first-order chi connectivity index (χ1) is 16.0. The lowest BCUT2D eigenvalue weighted by Gasteiger charge is -2.32. The number of ether oxygens (including phenoxy) is 1. The number of hydrazone groups is 1. The molecule has 2 aromatic rings. The average Bonchev–Trinajstić information content (AvgIpc) is 3.25. The Labute approximate surface area is 198 Å². The fourth-order valence-electron chi connectivity index (χ4n) is 4.46. The lowest BCUT2D eigenvalue weighted by Crippen LogP contribution is -2.44. The molecule has 0 spiro atoms. The van der Waals surface area contributed by atoms with E-state index in [0.717, 1.165) is 30.5 Å². The van der Waals surface area contributed by atoms with Crippen molar-refractivity contribution in [1.82, 2.24) is 9.91 Å². The monoisotopic (exact) mass is 471 g/mol. The van der Waals surface area contributed by atoms with Gasteiger partial charge in [0.05, 0.1) is 30.8 Å². The predicted molar refractivity (Wildman–Crippen MR) is 124 cm³/mol. The maximum atomic E-state index is 13.4. The Morgan fingerprint density at radius 1 is 1.18 bits per heavy atom. The number of hydrogen-bond donors (Lipinski definition) is 0. The molecule has 1 amide bonds. The number of piperidine rings is 1. The maximum absolute atomic E-state index is 13.4. The Morgan fingerprint density at radius 2 is 1.94 bits per heavy atom. The van der Waals surface area contributed by atoms with Gasteiger partial charge < -0.3 is 4.74 Å². The summed E-state index contributed by atoms with van der Waals surface area (Å²) in [4.78, 5) is 27.6. The first-order valence-electron chi connectivity index (χ1n) is 11.2. The Hall–Kier alpha value is -2.77. The van der Waals surface area contributed by atoms with E-state index in [1.807, 2.05) is 23.1 Å². The lowest BCUT2D eigenvalue weighted by molar-refractivity contribution is -0.150. The number of hydrogen-bond acceptors (Lipinski definition) is 5. The number of carbonyl (C=O) groups excluding carboxylic acids is 2. The highest BCUT2D eigenvalue weighted by Gasteiger charge is 2.36. The molecular formula is C25H27ClFN3O3. The molecule has 2 atom stereocenters. The molecule has 6 nitrogen and oxygen atoms in total. The number of likely N-dealkylation sites (tertiary alicyclic amines) is 1. The van der Waals surface area contributed by atoms with Crippen LogP contribution in [0.1, 0.15) is 43.4 Å². The zero-order valence-corrected chi connectivity index (χ0v) is 19.3. The van der Waals surface area contributed by atoms with Gasteiger partial charge in [-0.1, -0.05) is 41.9 Å². The molecule has 2 aliphatic heterocycles. The summed E-state index contributed by atoms with van der Waals surface area (Å²) in [7, 11) is 0. The van der Waals surface area contributed by atoms with Crippen LogP contribution >= 0.6 is 11.6 Å². The number of rotatable bonds is 6. The third kappa shape index (κ3) is 5.42. The van der Waals surface area contributed by atoms with Gasteiger partial charge in [0, 0.05) is 18.0 Å². The summed E-state index contributed by atoms with van der Waals surface area (Å²) in [5.41, 5.74) is 2.29. The molecule has 1 fully saturated rings. The average molecular weight is 472 g/mol. The Morgan fingerprint density at radius 3 is 2.67 bits per heavy atom. The minimum Gasteiger partial charge on any atom is -0.466 e. The highest BCUT2D eigenvalue weighted by molar-refractivity contribution is 6.31. The molecule has 33 heavy (non-hydrogen) atoms. The van der Waals surface area contributed by atoms with E-state index in [1.54, 1.807) is 25.1 Å². The van der Waals surface area contributed by atoms with Gasteiger partial charge in [0.15, 0.2) is 0 Å². The van der Waals surface area contributed by atoms with E-state index in [2.05, 4.69) is 5.10 Å². The molecule has 2 unspecified atom stereocenters. The number of amides is 1. The quantitative estimate of drug-likeness (QED) is 0.585. The second kappa shape index (κ2) is 10.4. The fourth-order valence-corrected chi connectivity index (χ4v) is 4.72. The summed E-state index contributed by atoms with van der Waals surface area (Å²) in [6.07, 6.45) is 2.07. The van der Waals surface area contributed by atoms with Crippen LogP contribution in [0.2, 0.25) is 5.02 Å². The minimum atomic E-state index is -0.350. The summed E-state index contributed by atoms with van der Waals surface area (Å²) < 4.78 is 18.6. The summed E-state index contributed by atoms with van der Waals surface area (Å²) in [5, 5.41) is 6.70. The second-order valence-electron chi connectivity index (χ2n) is 8.36. The molecule has 0 bridgehead atoms. The number of carbonyl (C=O) groups is 2. The van der Waals surface area contributed by atoms with E-state index in [9.17, 15) is 14.0 Å². The third-order valence-corrected chi connectivity index (χ3v) is 6.44. The molecule has 8 heteroatoms. The van der Waals surface area contributed by atoms with Gasteiger partial charge >= 0.3 is 5.97 Å². The Bertz CT molecular complexity index is 1040. The van der Waals surface area contributed by atoms with Gasteiger partial charge in [0.1, 0.15) is 5.82 Å².